The van der Waals surface area contributed by atoms with Gasteiger partial charge in [0, 0.05) is 37.5 Å². The summed E-state index contributed by atoms with van der Waals surface area (Å²) >= 11 is 0. The van der Waals surface area contributed by atoms with Gasteiger partial charge in [0.15, 0.2) is 5.96 Å². The number of benzene rings is 1. The molecule has 1 aromatic rings. The van der Waals surface area contributed by atoms with Crippen molar-refractivity contribution >= 4 is 17.5 Å². The van der Waals surface area contributed by atoms with Crippen LogP contribution in [0, 0.1) is 5.41 Å². The van der Waals surface area contributed by atoms with Crippen LogP contribution in [0.3, 0.4) is 0 Å². The van der Waals surface area contributed by atoms with Gasteiger partial charge in [0.2, 0.25) is 0 Å². The number of nitrogens with two attached hydrogens (primary N) is 2. The Balaban J connectivity index is 1.39. The molecule has 0 bridgehead atoms. The molecule has 0 fully saturated rings. The van der Waals surface area contributed by atoms with Crippen LogP contribution < -0.4 is 16.8 Å². The lowest BCUT2D eigenvalue weighted by Crippen LogP contribution is -2.30. The summed E-state index contributed by atoms with van der Waals surface area (Å²) in [5.41, 5.74) is 13.9. The number of guanidine groups is 1. The van der Waals surface area contributed by atoms with E-state index in [0.717, 1.165) is 88.3 Å². The number of unbranched alkanes of at least 4 members (excludes halogenated alkanes) is 7. The number of amidine groups is 1. The van der Waals surface area contributed by atoms with E-state index in [4.69, 9.17) is 21.6 Å². The fraction of sp³-hybridized carbons (Fsp3) is 0.654. The largest absolute Gasteiger partial charge is 0.377 e. The zero-order valence-corrected chi connectivity index (χ0v) is 20.3. The molecule has 1 aromatic carbocycles. The third-order valence-corrected chi connectivity index (χ3v) is 5.84. The van der Waals surface area contributed by atoms with Crippen LogP contribution in [0.5, 0.6) is 0 Å². The summed E-state index contributed by atoms with van der Waals surface area (Å²) in [6.07, 6.45) is 13.4. The van der Waals surface area contributed by atoms with Gasteiger partial charge in [-0.1, -0.05) is 56.4 Å². The van der Waals surface area contributed by atoms with E-state index in [0.29, 0.717) is 6.61 Å². The highest BCUT2D eigenvalue weighted by Gasteiger charge is 2.06. The molecule has 33 heavy (non-hydrogen) atoms. The summed E-state index contributed by atoms with van der Waals surface area (Å²) in [5, 5.41) is 11.5. The predicted molar refractivity (Wildman–Crippen MR) is 139 cm³/mol. The number of nitrogens with one attached hydrogen (secondary N) is 2. The van der Waals surface area contributed by atoms with Crippen LogP contribution >= 0.6 is 0 Å². The molecule has 7 nitrogen and oxygen atoms in total. The predicted octanol–water partition coefficient (Wildman–Crippen LogP) is 4.53. The second-order valence-corrected chi connectivity index (χ2v) is 8.85. The van der Waals surface area contributed by atoms with E-state index >= 15 is 0 Å². The molecule has 1 aliphatic heterocycles. The Morgan fingerprint density at radius 2 is 1.61 bits per heavy atom. The number of nitrogens with zero attached hydrogens (tertiary/aromatic N) is 2. The van der Waals surface area contributed by atoms with Gasteiger partial charge in [0.1, 0.15) is 5.84 Å². The summed E-state index contributed by atoms with van der Waals surface area (Å²) in [6, 6.07) is 8.48. The smallest absolute Gasteiger partial charge is 0.185 e. The normalized spacial score (nSPS) is 13.3. The van der Waals surface area contributed by atoms with Crippen LogP contribution in [-0.4, -0.2) is 43.7 Å². The van der Waals surface area contributed by atoms with Crippen molar-refractivity contribution in [2.75, 3.05) is 26.2 Å². The highest BCUT2D eigenvalue weighted by Crippen LogP contribution is 2.12. The molecule has 0 saturated heterocycles. The number of rotatable bonds is 18. The maximum absolute atomic E-state index is 8.15. The topological polar surface area (TPSA) is 122 Å². The van der Waals surface area contributed by atoms with Crippen LogP contribution in [-0.2, 0) is 11.3 Å². The van der Waals surface area contributed by atoms with Crippen molar-refractivity contribution in [2.45, 2.75) is 83.7 Å². The van der Waals surface area contributed by atoms with Gasteiger partial charge in [-0.3, -0.25) is 9.98 Å². The highest BCUT2D eigenvalue weighted by atomic mass is 16.5. The molecule has 1 aliphatic rings. The van der Waals surface area contributed by atoms with Gasteiger partial charge >= 0.3 is 0 Å². The first-order chi connectivity index (χ1) is 16.1. The molecule has 0 spiro atoms. The van der Waals surface area contributed by atoms with Crippen molar-refractivity contribution in [2.24, 2.45) is 21.5 Å². The molecular formula is C26H44N6O. The number of hydrogen-bond acceptors (Lipinski definition) is 5. The van der Waals surface area contributed by atoms with E-state index < -0.39 is 0 Å². The first kappa shape index (κ1) is 26.8. The zero-order chi connectivity index (χ0) is 23.6. The van der Waals surface area contributed by atoms with Crippen molar-refractivity contribution in [3.8, 4) is 0 Å². The Kier molecular flexibility index (Phi) is 13.9. The molecular weight excluding hydrogens is 412 g/mol. The van der Waals surface area contributed by atoms with Gasteiger partial charge in [-0.05, 0) is 50.5 Å². The molecule has 0 amide bonds. The molecule has 0 aromatic heterocycles. The zero-order valence-electron chi connectivity index (χ0n) is 20.3. The summed E-state index contributed by atoms with van der Waals surface area (Å²) in [7, 11) is 0. The van der Waals surface area contributed by atoms with Crippen molar-refractivity contribution in [3.63, 3.8) is 0 Å². The van der Waals surface area contributed by atoms with Crippen molar-refractivity contribution in [3.05, 3.63) is 35.4 Å². The van der Waals surface area contributed by atoms with E-state index in [1.165, 1.54) is 37.7 Å². The molecule has 0 radical (unpaired) electrons. The van der Waals surface area contributed by atoms with Gasteiger partial charge in [0.25, 0.3) is 0 Å². The molecule has 0 saturated carbocycles. The van der Waals surface area contributed by atoms with E-state index in [1.807, 2.05) is 0 Å². The first-order valence-corrected chi connectivity index (χ1v) is 12.7. The van der Waals surface area contributed by atoms with Gasteiger partial charge in [-0.2, -0.15) is 0 Å². The van der Waals surface area contributed by atoms with E-state index in [2.05, 4.69) is 39.6 Å². The van der Waals surface area contributed by atoms with Gasteiger partial charge in [-0.15, -0.1) is 0 Å². The lowest BCUT2D eigenvalue weighted by atomic mass is 10.0. The van der Waals surface area contributed by atoms with Gasteiger partial charge < -0.3 is 26.9 Å². The van der Waals surface area contributed by atoms with Crippen molar-refractivity contribution in [1.29, 1.82) is 5.41 Å². The van der Waals surface area contributed by atoms with Gasteiger partial charge in [-0.25, -0.2) is 0 Å². The molecule has 7 heteroatoms. The maximum Gasteiger partial charge on any atom is 0.185 e. The summed E-state index contributed by atoms with van der Waals surface area (Å²) in [5.74, 6) is 1.20. The number of ether oxygens (including phenoxy) is 1. The second kappa shape index (κ2) is 17.1. The monoisotopic (exact) mass is 456 g/mol. The van der Waals surface area contributed by atoms with Crippen LogP contribution in [0.1, 0.15) is 88.2 Å². The quantitative estimate of drug-likeness (QED) is 0.147. The van der Waals surface area contributed by atoms with Crippen molar-refractivity contribution < 1.29 is 4.74 Å². The minimum Gasteiger partial charge on any atom is -0.377 e. The molecule has 6 N–H and O–H groups in total. The van der Waals surface area contributed by atoms with Gasteiger partial charge in [0.05, 0.1) is 6.61 Å². The van der Waals surface area contributed by atoms with Crippen LogP contribution in [0.25, 0.3) is 0 Å². The first-order valence-electron chi connectivity index (χ1n) is 12.7. The average molecular weight is 457 g/mol. The lowest BCUT2D eigenvalue weighted by molar-refractivity contribution is 0.117. The molecule has 1 heterocycles. The Hall–Kier alpha value is -2.41. The summed E-state index contributed by atoms with van der Waals surface area (Å²) in [6.45, 7) is 4.06. The van der Waals surface area contributed by atoms with E-state index in [1.54, 1.807) is 0 Å². The van der Waals surface area contributed by atoms with Crippen molar-refractivity contribution in [1.82, 2.24) is 5.32 Å². The Labute approximate surface area is 200 Å². The Morgan fingerprint density at radius 3 is 2.27 bits per heavy atom. The highest BCUT2D eigenvalue weighted by molar-refractivity contribution is 5.99. The van der Waals surface area contributed by atoms with Crippen LogP contribution in [0.2, 0.25) is 0 Å². The lowest BCUT2D eigenvalue weighted by Gasteiger charge is -2.14. The summed E-state index contributed by atoms with van der Waals surface area (Å²) in [4.78, 5) is 8.53. The fourth-order valence-electron chi connectivity index (χ4n) is 3.88. The molecule has 0 unspecified atom stereocenters. The third-order valence-electron chi connectivity index (χ3n) is 5.84. The molecule has 2 rings (SSSR count). The Bertz CT molecular complexity index is 725. The van der Waals surface area contributed by atoms with E-state index in [-0.39, 0.29) is 5.96 Å². The van der Waals surface area contributed by atoms with Crippen LogP contribution in [0.4, 0.5) is 0 Å². The van der Waals surface area contributed by atoms with Crippen LogP contribution in [0.15, 0.2) is 34.3 Å². The number of hydrogen-bond donors (Lipinski definition) is 4. The molecule has 184 valence electrons. The molecule has 0 aliphatic carbocycles. The summed E-state index contributed by atoms with van der Waals surface area (Å²) < 4.78 is 5.82. The minimum atomic E-state index is 0.190. The second-order valence-electron chi connectivity index (χ2n) is 8.85. The molecule has 0 atom stereocenters. The third kappa shape index (κ3) is 13.0. The average Bonchev–Trinajstić information content (AvgIpc) is 2.83. The number of aliphatic imine (C=N–C) groups is 2. The SMILES string of the molecule is N=C(CCCCCCCCCN=C(N)N)CCCCOCc1ccc(C2=NCCCN2)cc1. The standard InChI is InChI=1S/C26H44N6O/c27-24(11-6-4-2-1-3-5-8-17-32-26(28)29)12-7-9-20-33-21-22-13-15-23(16-14-22)25-30-18-10-19-31-25/h13-16,27H,1-12,17-21H2,(H,30,31)(H4,28,29,32). The minimum absolute atomic E-state index is 0.190. The maximum atomic E-state index is 8.15. The van der Waals surface area contributed by atoms with E-state index in [9.17, 15) is 0 Å². The Morgan fingerprint density at radius 1 is 0.939 bits per heavy atom. The fourth-order valence-corrected chi connectivity index (χ4v) is 3.88.